The van der Waals surface area contributed by atoms with Gasteiger partial charge in [0.2, 0.25) is 5.91 Å². The maximum absolute atomic E-state index is 12.4. The molecule has 0 radical (unpaired) electrons. The summed E-state index contributed by atoms with van der Waals surface area (Å²) in [5, 5.41) is 13.6. The zero-order valence-electron chi connectivity index (χ0n) is 15.6. The summed E-state index contributed by atoms with van der Waals surface area (Å²) < 4.78 is 1.85. The lowest BCUT2D eigenvalue weighted by molar-refractivity contribution is -0.119. The van der Waals surface area contributed by atoms with Crippen molar-refractivity contribution in [2.45, 2.75) is 62.4 Å². The van der Waals surface area contributed by atoms with Crippen LogP contribution in [0.15, 0.2) is 35.7 Å². The molecule has 1 heterocycles. The smallest absolute Gasteiger partial charge is 0.321 e. The van der Waals surface area contributed by atoms with E-state index in [1.807, 2.05) is 35.8 Å². The fourth-order valence-electron chi connectivity index (χ4n) is 3.20. The van der Waals surface area contributed by atoms with Gasteiger partial charge in [-0.2, -0.15) is 0 Å². The molecule has 2 N–H and O–H groups in total. The Bertz CT molecular complexity index is 801. The fraction of sp³-hybridized carbons (Fsp3) is 0.474. The number of rotatable bonds is 5. The van der Waals surface area contributed by atoms with E-state index in [-0.39, 0.29) is 11.9 Å². The molecule has 1 atom stereocenters. The van der Waals surface area contributed by atoms with Gasteiger partial charge in [-0.3, -0.25) is 14.7 Å². The zero-order valence-corrected chi connectivity index (χ0v) is 16.5. The standard InChI is InChI=1S/C19H25N5O2S/c1-13-8-6-7-11-16(13)24-12-20-23-19(24)27-14(2)17(25)22-18(26)21-15-9-4-3-5-10-15/h6-8,11-12,14-15H,3-5,9-10H2,1-2H3,(H2,21,22,25,26). The van der Waals surface area contributed by atoms with E-state index in [4.69, 9.17) is 0 Å². The average Bonchev–Trinajstić information content (AvgIpc) is 3.10. The molecule has 3 rings (SSSR count). The number of aromatic nitrogens is 3. The van der Waals surface area contributed by atoms with E-state index >= 15 is 0 Å². The van der Waals surface area contributed by atoms with Crippen molar-refractivity contribution in [1.82, 2.24) is 25.4 Å². The number of nitrogens with one attached hydrogen (secondary N) is 2. The molecule has 1 saturated carbocycles. The van der Waals surface area contributed by atoms with Gasteiger partial charge >= 0.3 is 6.03 Å². The zero-order chi connectivity index (χ0) is 19.2. The third-order valence-corrected chi connectivity index (χ3v) is 5.78. The number of para-hydroxylation sites is 1. The molecule has 0 spiro atoms. The van der Waals surface area contributed by atoms with Gasteiger partial charge < -0.3 is 5.32 Å². The number of thioether (sulfide) groups is 1. The van der Waals surface area contributed by atoms with Crippen LogP contribution in [0.3, 0.4) is 0 Å². The third-order valence-electron chi connectivity index (χ3n) is 4.72. The highest BCUT2D eigenvalue weighted by molar-refractivity contribution is 8.00. The second kappa shape index (κ2) is 9.03. The van der Waals surface area contributed by atoms with Crippen molar-refractivity contribution < 1.29 is 9.59 Å². The molecule has 1 aromatic heterocycles. The molecule has 1 fully saturated rings. The molecule has 0 bridgehead atoms. The number of amides is 3. The summed E-state index contributed by atoms with van der Waals surface area (Å²) in [5.74, 6) is -0.340. The third kappa shape index (κ3) is 5.09. The van der Waals surface area contributed by atoms with E-state index in [1.165, 1.54) is 18.2 Å². The summed E-state index contributed by atoms with van der Waals surface area (Å²) in [6, 6.07) is 7.65. The van der Waals surface area contributed by atoms with Gasteiger partial charge in [-0.15, -0.1) is 10.2 Å². The Kier molecular flexibility index (Phi) is 6.49. The molecule has 0 aliphatic heterocycles. The first-order valence-electron chi connectivity index (χ1n) is 9.28. The Morgan fingerprint density at radius 1 is 1.22 bits per heavy atom. The second-order valence-electron chi connectivity index (χ2n) is 6.83. The minimum atomic E-state index is -0.478. The van der Waals surface area contributed by atoms with Crippen LogP contribution in [-0.4, -0.2) is 38.0 Å². The first-order valence-corrected chi connectivity index (χ1v) is 10.2. The predicted octanol–water partition coefficient (Wildman–Crippen LogP) is 3.21. The van der Waals surface area contributed by atoms with Crippen molar-refractivity contribution in [2.75, 3.05) is 0 Å². The minimum Gasteiger partial charge on any atom is -0.335 e. The number of urea groups is 1. The molecule has 0 saturated heterocycles. The number of benzene rings is 1. The molecule has 1 aliphatic carbocycles. The van der Waals surface area contributed by atoms with Crippen LogP contribution in [0.1, 0.15) is 44.6 Å². The molecule has 1 unspecified atom stereocenters. The van der Waals surface area contributed by atoms with E-state index < -0.39 is 11.3 Å². The lowest BCUT2D eigenvalue weighted by Crippen LogP contribution is -2.47. The van der Waals surface area contributed by atoms with Crippen molar-refractivity contribution in [3.05, 3.63) is 36.2 Å². The molecular formula is C19H25N5O2S. The molecule has 144 valence electrons. The molecule has 1 aliphatic rings. The van der Waals surface area contributed by atoms with Gasteiger partial charge in [0.1, 0.15) is 6.33 Å². The lowest BCUT2D eigenvalue weighted by atomic mass is 9.96. The van der Waals surface area contributed by atoms with Crippen LogP contribution in [0.25, 0.3) is 5.69 Å². The highest BCUT2D eigenvalue weighted by atomic mass is 32.2. The molecule has 3 amide bonds. The van der Waals surface area contributed by atoms with Gasteiger partial charge in [0.15, 0.2) is 5.16 Å². The maximum atomic E-state index is 12.4. The van der Waals surface area contributed by atoms with Crippen LogP contribution >= 0.6 is 11.8 Å². The Morgan fingerprint density at radius 3 is 2.70 bits per heavy atom. The van der Waals surface area contributed by atoms with Gasteiger partial charge in [0.05, 0.1) is 10.9 Å². The van der Waals surface area contributed by atoms with Crippen molar-refractivity contribution in [3.63, 3.8) is 0 Å². The van der Waals surface area contributed by atoms with Gasteiger partial charge in [-0.1, -0.05) is 49.2 Å². The number of imide groups is 1. The van der Waals surface area contributed by atoms with E-state index in [0.29, 0.717) is 5.16 Å². The number of hydrogen-bond acceptors (Lipinski definition) is 5. The van der Waals surface area contributed by atoms with Crippen LogP contribution in [0, 0.1) is 6.92 Å². The first kappa shape index (κ1) is 19.4. The molecular weight excluding hydrogens is 362 g/mol. The van der Waals surface area contributed by atoms with Crippen LogP contribution < -0.4 is 10.6 Å². The monoisotopic (exact) mass is 387 g/mol. The summed E-state index contributed by atoms with van der Waals surface area (Å²) in [5.41, 5.74) is 2.05. The number of nitrogens with zero attached hydrogens (tertiary/aromatic N) is 3. The summed E-state index contributed by atoms with van der Waals surface area (Å²) in [6.45, 7) is 3.76. The van der Waals surface area contributed by atoms with Crippen LogP contribution in [0.5, 0.6) is 0 Å². The Morgan fingerprint density at radius 2 is 1.96 bits per heavy atom. The molecule has 27 heavy (non-hydrogen) atoms. The van der Waals surface area contributed by atoms with Gasteiger partial charge in [-0.05, 0) is 38.3 Å². The van der Waals surface area contributed by atoms with Gasteiger partial charge in [-0.25, -0.2) is 4.79 Å². The molecule has 2 aromatic rings. The Labute approximate surface area is 163 Å². The summed E-state index contributed by atoms with van der Waals surface area (Å²) in [7, 11) is 0. The van der Waals surface area contributed by atoms with Crippen molar-refractivity contribution >= 4 is 23.7 Å². The Hall–Kier alpha value is -2.35. The van der Waals surface area contributed by atoms with Crippen LogP contribution in [0.2, 0.25) is 0 Å². The van der Waals surface area contributed by atoms with Crippen molar-refractivity contribution in [3.8, 4) is 5.69 Å². The summed E-state index contributed by atoms with van der Waals surface area (Å²) >= 11 is 1.27. The lowest BCUT2D eigenvalue weighted by Gasteiger charge is -2.23. The summed E-state index contributed by atoms with van der Waals surface area (Å²) in [4.78, 5) is 24.5. The molecule has 8 heteroatoms. The Balaban J connectivity index is 1.58. The van der Waals surface area contributed by atoms with E-state index in [2.05, 4.69) is 20.8 Å². The predicted molar refractivity (Wildman–Crippen MR) is 105 cm³/mol. The number of carbonyl (C=O) groups excluding carboxylic acids is 2. The second-order valence-corrected chi connectivity index (χ2v) is 8.14. The van der Waals surface area contributed by atoms with E-state index in [9.17, 15) is 9.59 Å². The average molecular weight is 388 g/mol. The largest absolute Gasteiger partial charge is 0.335 e. The van der Waals surface area contributed by atoms with Crippen LogP contribution in [-0.2, 0) is 4.79 Å². The quantitative estimate of drug-likeness (QED) is 0.769. The van der Waals surface area contributed by atoms with Gasteiger partial charge in [0, 0.05) is 6.04 Å². The van der Waals surface area contributed by atoms with Crippen LogP contribution in [0.4, 0.5) is 4.79 Å². The normalized spacial score (nSPS) is 15.9. The highest BCUT2D eigenvalue weighted by Gasteiger charge is 2.22. The fourth-order valence-corrected chi connectivity index (χ4v) is 4.03. The SMILES string of the molecule is Cc1ccccc1-n1cnnc1SC(C)C(=O)NC(=O)NC1CCCCC1. The molecule has 1 aromatic carbocycles. The van der Waals surface area contributed by atoms with E-state index in [1.54, 1.807) is 13.3 Å². The minimum absolute atomic E-state index is 0.165. The number of aryl methyl sites for hydroxylation is 1. The van der Waals surface area contributed by atoms with Crippen molar-refractivity contribution in [1.29, 1.82) is 0 Å². The first-order chi connectivity index (χ1) is 13.0. The highest BCUT2D eigenvalue weighted by Crippen LogP contribution is 2.25. The number of hydrogen-bond donors (Lipinski definition) is 2. The maximum Gasteiger partial charge on any atom is 0.321 e. The van der Waals surface area contributed by atoms with E-state index in [0.717, 1.165) is 36.9 Å². The topological polar surface area (TPSA) is 88.9 Å². The molecule has 7 nitrogen and oxygen atoms in total. The number of carbonyl (C=O) groups is 2. The van der Waals surface area contributed by atoms with Gasteiger partial charge in [0.25, 0.3) is 0 Å². The summed E-state index contributed by atoms with van der Waals surface area (Å²) in [6.07, 6.45) is 7.05. The van der Waals surface area contributed by atoms with Crippen molar-refractivity contribution in [2.24, 2.45) is 0 Å².